The van der Waals surface area contributed by atoms with E-state index in [1.165, 1.54) is 6.07 Å². The van der Waals surface area contributed by atoms with Crippen molar-refractivity contribution in [1.82, 2.24) is 4.72 Å². The number of carbonyl (C=O) groups is 2. The van der Waals surface area contributed by atoms with Gasteiger partial charge in [-0.15, -0.1) is 0 Å². The Morgan fingerprint density at radius 3 is 2.51 bits per heavy atom. The number of nitrogens with one attached hydrogen (secondary N) is 3. The zero-order valence-electron chi connectivity index (χ0n) is 20.0. The molecule has 0 bridgehead atoms. The van der Waals surface area contributed by atoms with Crippen LogP contribution >= 0.6 is 0 Å². The second-order valence-electron chi connectivity index (χ2n) is 9.24. The van der Waals surface area contributed by atoms with E-state index in [9.17, 15) is 18.0 Å². The number of rotatable bonds is 8. The minimum Gasteiger partial charge on any atom is -0.494 e. The number of aryl methyl sites for hydroxylation is 1. The summed E-state index contributed by atoms with van der Waals surface area (Å²) in [5, 5.41) is 5.80. The van der Waals surface area contributed by atoms with Crippen LogP contribution in [0.1, 0.15) is 51.0 Å². The van der Waals surface area contributed by atoms with Crippen molar-refractivity contribution >= 4 is 33.2 Å². The predicted octanol–water partition coefficient (Wildman–Crippen LogP) is 4.08. The summed E-state index contributed by atoms with van der Waals surface area (Å²) in [6.07, 6.45) is 4.85. The molecular formula is C26H33N3O5S. The third kappa shape index (κ3) is 6.61. The summed E-state index contributed by atoms with van der Waals surface area (Å²) in [5.74, 6) is 0.853. The Bertz CT molecular complexity index is 1160. The van der Waals surface area contributed by atoms with Crippen LogP contribution in [0.5, 0.6) is 5.75 Å². The van der Waals surface area contributed by atoms with E-state index < -0.39 is 10.0 Å². The van der Waals surface area contributed by atoms with Crippen molar-refractivity contribution in [2.24, 2.45) is 11.8 Å². The fourth-order valence-corrected chi connectivity index (χ4v) is 5.87. The molecule has 8 nitrogen and oxygen atoms in total. The number of fused-ring (bicyclic) bond motifs is 1. The molecule has 2 amide bonds. The fraction of sp³-hybridized carbons (Fsp3) is 0.462. The Hall–Kier alpha value is -2.91. The molecule has 35 heavy (non-hydrogen) atoms. The van der Waals surface area contributed by atoms with Gasteiger partial charge < -0.3 is 15.4 Å². The van der Waals surface area contributed by atoms with Gasteiger partial charge >= 0.3 is 0 Å². The van der Waals surface area contributed by atoms with Gasteiger partial charge in [-0.2, -0.15) is 0 Å². The number of hydrogen-bond donors (Lipinski definition) is 3. The Balaban J connectivity index is 1.26. The summed E-state index contributed by atoms with van der Waals surface area (Å²) in [5.41, 5.74) is 2.28. The monoisotopic (exact) mass is 499 g/mol. The van der Waals surface area contributed by atoms with Crippen molar-refractivity contribution in [2.75, 3.05) is 23.8 Å². The fourth-order valence-electron chi connectivity index (χ4n) is 4.70. The largest absolute Gasteiger partial charge is 0.494 e. The SMILES string of the molecule is CCOc1ccc(NC(=O)C2CCC(CNS(=O)(=O)c3ccc4c(c3)CCCC(=O)N4)CC2)cc1. The zero-order valence-corrected chi connectivity index (χ0v) is 20.8. The molecule has 1 heterocycles. The molecule has 3 N–H and O–H groups in total. The molecule has 1 aliphatic heterocycles. The van der Waals surface area contributed by atoms with Crippen molar-refractivity contribution < 1.29 is 22.7 Å². The maximum Gasteiger partial charge on any atom is 0.240 e. The van der Waals surface area contributed by atoms with E-state index in [1.807, 2.05) is 31.2 Å². The maximum absolute atomic E-state index is 12.9. The second kappa shape index (κ2) is 11.2. The summed E-state index contributed by atoms with van der Waals surface area (Å²) in [7, 11) is -3.65. The molecule has 0 saturated heterocycles. The number of amides is 2. The van der Waals surface area contributed by atoms with Crippen LogP contribution in [0.2, 0.25) is 0 Å². The lowest BCUT2D eigenvalue weighted by molar-refractivity contribution is -0.121. The smallest absolute Gasteiger partial charge is 0.240 e. The molecule has 2 aromatic rings. The highest BCUT2D eigenvalue weighted by Crippen LogP contribution is 2.30. The lowest BCUT2D eigenvalue weighted by atomic mass is 9.81. The van der Waals surface area contributed by atoms with Crippen molar-refractivity contribution in [3.63, 3.8) is 0 Å². The molecule has 1 saturated carbocycles. The average Bonchev–Trinajstić information content (AvgIpc) is 3.04. The van der Waals surface area contributed by atoms with E-state index >= 15 is 0 Å². The van der Waals surface area contributed by atoms with Crippen molar-refractivity contribution in [2.45, 2.75) is 56.8 Å². The highest BCUT2D eigenvalue weighted by Gasteiger charge is 2.28. The predicted molar refractivity (Wildman–Crippen MR) is 135 cm³/mol. The van der Waals surface area contributed by atoms with E-state index in [0.29, 0.717) is 38.1 Å². The van der Waals surface area contributed by atoms with Crippen LogP contribution in [0.25, 0.3) is 0 Å². The number of hydrogen-bond acceptors (Lipinski definition) is 5. The van der Waals surface area contributed by atoms with Gasteiger partial charge in [-0.3, -0.25) is 9.59 Å². The summed E-state index contributed by atoms with van der Waals surface area (Å²) in [6, 6.07) is 12.2. The minimum atomic E-state index is -3.65. The van der Waals surface area contributed by atoms with Crippen molar-refractivity contribution in [1.29, 1.82) is 0 Å². The highest BCUT2D eigenvalue weighted by atomic mass is 32.2. The molecule has 4 rings (SSSR count). The first-order valence-corrected chi connectivity index (χ1v) is 13.8. The van der Waals surface area contributed by atoms with Crippen LogP contribution < -0.4 is 20.1 Å². The lowest BCUT2D eigenvalue weighted by Crippen LogP contribution is -2.33. The van der Waals surface area contributed by atoms with Gasteiger partial charge in [-0.05, 0) is 99.4 Å². The number of sulfonamides is 1. The van der Waals surface area contributed by atoms with Crippen LogP contribution in [0, 0.1) is 11.8 Å². The summed E-state index contributed by atoms with van der Waals surface area (Å²) < 4.78 is 33.9. The molecule has 0 spiro atoms. The van der Waals surface area contributed by atoms with Gasteiger partial charge in [0.2, 0.25) is 21.8 Å². The lowest BCUT2D eigenvalue weighted by Gasteiger charge is -2.28. The quantitative estimate of drug-likeness (QED) is 0.506. The van der Waals surface area contributed by atoms with Gasteiger partial charge in [0, 0.05) is 30.3 Å². The number of ether oxygens (including phenoxy) is 1. The molecule has 0 unspecified atom stereocenters. The molecular weight excluding hydrogens is 466 g/mol. The third-order valence-corrected chi connectivity index (χ3v) is 8.14. The number of benzene rings is 2. The van der Waals surface area contributed by atoms with Gasteiger partial charge in [0.1, 0.15) is 5.75 Å². The first-order valence-electron chi connectivity index (χ1n) is 12.3. The Kier molecular flexibility index (Phi) is 8.07. The number of anilines is 2. The molecule has 188 valence electrons. The molecule has 0 radical (unpaired) electrons. The van der Waals surface area contributed by atoms with E-state index in [1.54, 1.807) is 12.1 Å². The summed E-state index contributed by atoms with van der Waals surface area (Å²) >= 11 is 0. The molecule has 2 aliphatic rings. The van der Waals surface area contributed by atoms with Crippen LogP contribution in [-0.2, 0) is 26.0 Å². The summed E-state index contributed by atoms with van der Waals surface area (Å²) in [6.45, 7) is 2.87. The third-order valence-electron chi connectivity index (χ3n) is 6.72. The van der Waals surface area contributed by atoms with Gasteiger partial charge in [-0.1, -0.05) is 0 Å². The Labute approximate surface area is 206 Å². The normalized spacial score (nSPS) is 20.3. The van der Waals surface area contributed by atoms with Gasteiger partial charge in [0.25, 0.3) is 0 Å². The molecule has 1 aliphatic carbocycles. The highest BCUT2D eigenvalue weighted by molar-refractivity contribution is 7.89. The van der Waals surface area contributed by atoms with Gasteiger partial charge in [0.15, 0.2) is 0 Å². The first kappa shape index (κ1) is 25.2. The molecule has 0 atom stereocenters. The van der Waals surface area contributed by atoms with Crippen LogP contribution in [0.3, 0.4) is 0 Å². The summed E-state index contributed by atoms with van der Waals surface area (Å²) in [4.78, 5) is 24.6. The topological polar surface area (TPSA) is 114 Å². The second-order valence-corrected chi connectivity index (χ2v) is 11.0. The molecule has 2 aromatic carbocycles. The first-order chi connectivity index (χ1) is 16.8. The Morgan fingerprint density at radius 1 is 1.06 bits per heavy atom. The van der Waals surface area contributed by atoms with E-state index in [0.717, 1.165) is 42.7 Å². The van der Waals surface area contributed by atoms with Crippen molar-refractivity contribution in [3.8, 4) is 5.75 Å². The standard InChI is InChI=1S/C26H33N3O5S/c1-2-34-22-12-10-21(11-13-22)28-26(31)19-8-6-18(7-9-19)17-27-35(32,33)23-14-15-24-20(16-23)4-3-5-25(30)29-24/h10-16,18-19,27H,2-9,17H2,1H3,(H,28,31)(H,29,30). The average molecular weight is 500 g/mol. The molecule has 1 fully saturated rings. The van der Waals surface area contributed by atoms with Crippen LogP contribution in [-0.4, -0.2) is 33.4 Å². The van der Waals surface area contributed by atoms with E-state index in [-0.39, 0.29) is 28.5 Å². The molecule has 9 heteroatoms. The zero-order chi connectivity index (χ0) is 24.8. The van der Waals surface area contributed by atoms with E-state index in [2.05, 4.69) is 15.4 Å². The van der Waals surface area contributed by atoms with Crippen LogP contribution in [0.15, 0.2) is 47.4 Å². The van der Waals surface area contributed by atoms with Gasteiger partial charge in [0.05, 0.1) is 11.5 Å². The van der Waals surface area contributed by atoms with E-state index in [4.69, 9.17) is 4.74 Å². The van der Waals surface area contributed by atoms with Crippen LogP contribution in [0.4, 0.5) is 11.4 Å². The minimum absolute atomic E-state index is 0.00487. The Morgan fingerprint density at radius 2 is 1.80 bits per heavy atom. The maximum atomic E-state index is 12.9. The molecule has 0 aromatic heterocycles. The van der Waals surface area contributed by atoms with Crippen molar-refractivity contribution in [3.05, 3.63) is 48.0 Å². The van der Waals surface area contributed by atoms with Gasteiger partial charge in [-0.25, -0.2) is 13.1 Å². The number of carbonyl (C=O) groups excluding carboxylic acids is 2.